The van der Waals surface area contributed by atoms with Gasteiger partial charge in [-0.2, -0.15) is 0 Å². The molecule has 0 atom stereocenters. The van der Waals surface area contributed by atoms with Gasteiger partial charge in [0.15, 0.2) is 5.75 Å². The number of carboxylic acids is 1. The Labute approximate surface area is 139 Å². The van der Waals surface area contributed by atoms with Crippen molar-refractivity contribution in [2.45, 2.75) is 25.2 Å². The largest absolute Gasteiger partial charge is 0.505 e. The molecular weight excluding hydrogens is 302 g/mol. The van der Waals surface area contributed by atoms with Crippen molar-refractivity contribution in [3.8, 4) is 5.75 Å². The summed E-state index contributed by atoms with van der Waals surface area (Å²) in [6, 6.07) is 15.3. The lowest BCUT2D eigenvalue weighted by atomic mass is 9.89. The minimum atomic E-state index is -1.13. The zero-order valence-electron chi connectivity index (χ0n) is 13.3. The quantitative estimate of drug-likeness (QED) is 0.765. The van der Waals surface area contributed by atoms with Crippen molar-refractivity contribution in [2.24, 2.45) is 0 Å². The molecule has 4 nitrogen and oxygen atoms in total. The van der Waals surface area contributed by atoms with Crippen LogP contribution in [-0.4, -0.2) is 21.2 Å². The third kappa shape index (κ3) is 1.99. The third-order valence-electron chi connectivity index (χ3n) is 4.94. The lowest BCUT2D eigenvalue weighted by Gasteiger charge is -2.19. The normalized spacial score (nSPS) is 15.4. The van der Waals surface area contributed by atoms with Gasteiger partial charge in [-0.3, -0.25) is 0 Å². The Morgan fingerprint density at radius 1 is 1.08 bits per heavy atom. The first-order chi connectivity index (χ1) is 11.5. The summed E-state index contributed by atoms with van der Waals surface area (Å²) >= 11 is 0. The fourth-order valence-electron chi connectivity index (χ4n) is 3.51. The van der Waals surface area contributed by atoms with Gasteiger partial charge < -0.3 is 10.2 Å². The van der Waals surface area contributed by atoms with Gasteiger partial charge >= 0.3 is 5.97 Å². The van der Waals surface area contributed by atoms with Crippen LogP contribution in [0.3, 0.4) is 0 Å². The van der Waals surface area contributed by atoms with Gasteiger partial charge in [-0.25, -0.2) is 9.78 Å². The maximum Gasteiger partial charge on any atom is 0.340 e. The van der Waals surface area contributed by atoms with E-state index in [4.69, 9.17) is 4.98 Å². The summed E-state index contributed by atoms with van der Waals surface area (Å²) in [6.07, 6.45) is 1.71. The molecule has 2 N–H and O–H groups in total. The molecule has 0 aliphatic heterocycles. The molecule has 1 fully saturated rings. The smallest absolute Gasteiger partial charge is 0.340 e. The van der Waals surface area contributed by atoms with Crippen LogP contribution in [0, 0.1) is 6.92 Å². The predicted octanol–water partition coefficient (Wildman–Crippen LogP) is 4.03. The maximum absolute atomic E-state index is 11.8. The predicted molar refractivity (Wildman–Crippen MR) is 91.6 cm³/mol. The number of benzene rings is 2. The van der Waals surface area contributed by atoms with Crippen LogP contribution in [0.5, 0.6) is 5.75 Å². The number of aromatic hydroxyl groups is 1. The summed E-state index contributed by atoms with van der Waals surface area (Å²) in [5.41, 5.74) is 2.65. The van der Waals surface area contributed by atoms with E-state index < -0.39 is 5.97 Å². The average Bonchev–Trinajstić information content (AvgIpc) is 3.37. The second kappa shape index (κ2) is 5.06. The molecule has 120 valence electrons. The van der Waals surface area contributed by atoms with Crippen LogP contribution in [0.4, 0.5) is 0 Å². The van der Waals surface area contributed by atoms with Crippen LogP contribution in [0.2, 0.25) is 0 Å². The van der Waals surface area contributed by atoms with Crippen LogP contribution >= 0.6 is 0 Å². The van der Waals surface area contributed by atoms with Crippen molar-refractivity contribution in [1.82, 2.24) is 4.98 Å². The molecule has 1 saturated carbocycles. The van der Waals surface area contributed by atoms with Crippen molar-refractivity contribution >= 4 is 16.9 Å². The highest BCUT2D eigenvalue weighted by Crippen LogP contribution is 2.56. The van der Waals surface area contributed by atoms with Crippen molar-refractivity contribution in [1.29, 1.82) is 0 Å². The fourth-order valence-corrected chi connectivity index (χ4v) is 3.51. The number of fused-ring (bicyclic) bond motifs is 1. The highest BCUT2D eigenvalue weighted by Gasteiger charge is 2.49. The third-order valence-corrected chi connectivity index (χ3v) is 4.94. The molecule has 1 aliphatic carbocycles. The van der Waals surface area contributed by atoms with Crippen molar-refractivity contribution < 1.29 is 15.0 Å². The highest BCUT2D eigenvalue weighted by molar-refractivity contribution is 6.06. The second-order valence-electron chi connectivity index (χ2n) is 6.41. The summed E-state index contributed by atoms with van der Waals surface area (Å²) in [4.78, 5) is 16.5. The van der Waals surface area contributed by atoms with Crippen LogP contribution in [0.15, 0.2) is 48.5 Å². The Kier molecular flexibility index (Phi) is 3.10. The van der Waals surface area contributed by atoms with Crippen molar-refractivity contribution in [2.75, 3.05) is 0 Å². The number of rotatable bonds is 3. The fraction of sp³-hybridized carbons (Fsp3) is 0.200. The van der Waals surface area contributed by atoms with Gasteiger partial charge in [0.1, 0.15) is 5.56 Å². The van der Waals surface area contributed by atoms with Gasteiger partial charge in [0.2, 0.25) is 0 Å². The molecule has 1 aliphatic rings. The molecule has 2 aromatic carbocycles. The van der Waals surface area contributed by atoms with E-state index in [-0.39, 0.29) is 16.7 Å². The van der Waals surface area contributed by atoms with Crippen molar-refractivity contribution in [3.05, 3.63) is 70.9 Å². The first-order valence-corrected chi connectivity index (χ1v) is 7.96. The van der Waals surface area contributed by atoms with Gasteiger partial charge in [-0.05, 0) is 30.9 Å². The first kappa shape index (κ1) is 14.7. The molecule has 0 spiro atoms. The minimum Gasteiger partial charge on any atom is -0.505 e. The number of nitrogens with zero attached hydrogens (tertiary/aromatic N) is 1. The Bertz CT molecular complexity index is 960. The van der Waals surface area contributed by atoms with E-state index in [1.165, 1.54) is 0 Å². The topological polar surface area (TPSA) is 70.4 Å². The van der Waals surface area contributed by atoms with E-state index in [1.54, 1.807) is 12.1 Å². The molecule has 0 radical (unpaired) electrons. The molecule has 0 unspecified atom stereocenters. The number of para-hydroxylation sites is 1. The number of aryl methyl sites for hydroxylation is 1. The number of hydrogen-bond acceptors (Lipinski definition) is 3. The number of aromatic carboxylic acids is 1. The summed E-state index contributed by atoms with van der Waals surface area (Å²) in [6.45, 7) is 1.91. The zero-order chi connectivity index (χ0) is 16.9. The summed E-state index contributed by atoms with van der Waals surface area (Å²) < 4.78 is 0. The van der Waals surface area contributed by atoms with E-state index in [1.807, 2.05) is 43.3 Å². The lowest BCUT2D eigenvalue weighted by Crippen LogP contribution is -2.14. The molecule has 4 rings (SSSR count). The SMILES string of the molecule is Cc1cccc2c(C(=O)O)c(O)c(C3(c4ccccc4)CC3)nc12. The summed E-state index contributed by atoms with van der Waals surface area (Å²) in [5.74, 6) is -1.34. The molecule has 0 bridgehead atoms. The van der Waals surface area contributed by atoms with Gasteiger partial charge in [0, 0.05) is 10.8 Å². The molecule has 3 aromatic rings. The van der Waals surface area contributed by atoms with Gasteiger partial charge in [0.05, 0.1) is 11.2 Å². The molecule has 24 heavy (non-hydrogen) atoms. The van der Waals surface area contributed by atoms with Crippen LogP contribution in [-0.2, 0) is 5.41 Å². The summed E-state index contributed by atoms with van der Waals surface area (Å²) in [7, 11) is 0. The second-order valence-corrected chi connectivity index (χ2v) is 6.41. The highest BCUT2D eigenvalue weighted by atomic mass is 16.4. The Morgan fingerprint density at radius 2 is 1.79 bits per heavy atom. The molecule has 0 amide bonds. The molecular formula is C20H17NO3. The minimum absolute atomic E-state index is 0.0547. The number of hydrogen-bond donors (Lipinski definition) is 2. The van der Waals surface area contributed by atoms with Gasteiger partial charge in [-0.15, -0.1) is 0 Å². The molecule has 4 heteroatoms. The maximum atomic E-state index is 11.8. The van der Waals surface area contributed by atoms with Crippen LogP contribution in [0.25, 0.3) is 10.9 Å². The number of carboxylic acid groups (broad SMARTS) is 1. The van der Waals surface area contributed by atoms with E-state index >= 15 is 0 Å². The summed E-state index contributed by atoms with van der Waals surface area (Å²) in [5, 5.41) is 20.9. The Hall–Kier alpha value is -2.88. The number of carbonyl (C=O) groups is 1. The average molecular weight is 319 g/mol. The van der Waals surface area contributed by atoms with E-state index in [2.05, 4.69) is 0 Å². The molecule has 1 heterocycles. The standard InChI is InChI=1S/C20H17NO3/c1-12-6-5-9-14-15(19(23)24)17(22)18(21-16(12)14)20(10-11-20)13-7-3-2-4-8-13/h2-9,22H,10-11H2,1H3,(H,23,24). The van der Waals surface area contributed by atoms with Gasteiger partial charge in [0.25, 0.3) is 0 Å². The monoisotopic (exact) mass is 319 g/mol. The number of pyridine rings is 1. The molecule has 1 aromatic heterocycles. The van der Waals surface area contributed by atoms with Crippen LogP contribution in [0.1, 0.15) is 40.0 Å². The Morgan fingerprint density at radius 3 is 2.42 bits per heavy atom. The lowest BCUT2D eigenvalue weighted by molar-refractivity contribution is 0.0695. The Balaban J connectivity index is 2.06. The zero-order valence-corrected chi connectivity index (χ0v) is 13.3. The van der Waals surface area contributed by atoms with Crippen LogP contribution < -0.4 is 0 Å². The number of aromatic nitrogens is 1. The van der Waals surface area contributed by atoms with E-state index in [0.29, 0.717) is 16.6 Å². The first-order valence-electron chi connectivity index (χ1n) is 7.96. The van der Waals surface area contributed by atoms with Gasteiger partial charge in [-0.1, -0.05) is 48.5 Å². The molecule has 0 saturated heterocycles. The van der Waals surface area contributed by atoms with E-state index in [9.17, 15) is 15.0 Å². The van der Waals surface area contributed by atoms with E-state index in [0.717, 1.165) is 24.0 Å². The van der Waals surface area contributed by atoms with Crippen molar-refractivity contribution in [3.63, 3.8) is 0 Å².